The van der Waals surface area contributed by atoms with Crippen LogP contribution in [-0.4, -0.2) is 51.4 Å². The van der Waals surface area contributed by atoms with Gasteiger partial charge < -0.3 is 9.88 Å². The zero-order valence-corrected chi connectivity index (χ0v) is 15.7. The predicted molar refractivity (Wildman–Crippen MR) is 99.7 cm³/mol. The monoisotopic (exact) mass is 378 g/mol. The smallest absolute Gasteiger partial charge is 0.222 e. The Morgan fingerprint density at radius 1 is 1.36 bits per heavy atom. The first-order valence-electron chi connectivity index (χ1n) is 8.92. The number of carbonyl (C=O) groups excluding carboxylic acids is 1. The molecule has 2 aliphatic heterocycles. The first-order chi connectivity index (χ1) is 12.2. The van der Waals surface area contributed by atoms with E-state index >= 15 is 0 Å². The molecular weight excluding hydrogens is 356 g/mol. The molecule has 0 bridgehead atoms. The van der Waals surface area contributed by atoms with Crippen molar-refractivity contribution in [2.24, 2.45) is 5.92 Å². The number of thiophene rings is 1. The first-order valence-corrected chi connectivity index (χ1v) is 10.1. The second kappa shape index (κ2) is 7.48. The fourth-order valence-corrected chi connectivity index (χ4v) is 5.31. The minimum absolute atomic E-state index is 0.319. The van der Waals surface area contributed by atoms with Crippen LogP contribution in [0.4, 0.5) is 0 Å². The van der Waals surface area contributed by atoms with Crippen molar-refractivity contribution in [1.82, 2.24) is 19.8 Å². The number of halogens is 1. The van der Waals surface area contributed by atoms with Crippen molar-refractivity contribution >= 4 is 28.8 Å². The van der Waals surface area contributed by atoms with E-state index in [0.717, 1.165) is 55.5 Å². The summed E-state index contributed by atoms with van der Waals surface area (Å²) in [5, 5.41) is 0. The van der Waals surface area contributed by atoms with E-state index in [1.165, 1.54) is 4.88 Å². The van der Waals surface area contributed by atoms with Crippen LogP contribution in [0.1, 0.15) is 29.8 Å². The summed E-state index contributed by atoms with van der Waals surface area (Å²) in [7, 11) is 0. The molecule has 1 N–H and O–H groups in total. The van der Waals surface area contributed by atoms with E-state index in [-0.39, 0.29) is 0 Å². The summed E-state index contributed by atoms with van der Waals surface area (Å²) in [6.07, 6.45) is 7.17. The number of aromatic nitrogens is 2. The van der Waals surface area contributed by atoms with Gasteiger partial charge in [0.05, 0.1) is 10.7 Å². The third-order valence-electron chi connectivity index (χ3n) is 5.41. The summed E-state index contributed by atoms with van der Waals surface area (Å²) in [6, 6.07) is 4.50. The third-order valence-corrected chi connectivity index (χ3v) is 6.63. The molecule has 0 aromatic carbocycles. The number of rotatable bonds is 5. The van der Waals surface area contributed by atoms with Crippen molar-refractivity contribution in [2.45, 2.75) is 38.3 Å². The zero-order chi connectivity index (χ0) is 17.2. The van der Waals surface area contributed by atoms with Crippen LogP contribution in [0.15, 0.2) is 24.7 Å². The lowest BCUT2D eigenvalue weighted by atomic mass is 9.83. The van der Waals surface area contributed by atoms with E-state index in [1.807, 2.05) is 12.3 Å². The molecule has 0 aliphatic carbocycles. The SMILES string of the molecule is O=C1CC[C@@H]2CN(Cc3ccc(Cl)s3)CC[C@@H]2N1CCc1cnc[nH]1. The van der Waals surface area contributed by atoms with Crippen LogP contribution in [0.25, 0.3) is 0 Å². The number of nitrogens with zero attached hydrogens (tertiary/aromatic N) is 3. The molecule has 4 heterocycles. The van der Waals surface area contributed by atoms with Gasteiger partial charge >= 0.3 is 0 Å². The number of piperidine rings is 2. The molecule has 5 nitrogen and oxygen atoms in total. The van der Waals surface area contributed by atoms with Gasteiger partial charge in [-0.05, 0) is 30.9 Å². The number of hydrogen-bond donors (Lipinski definition) is 1. The van der Waals surface area contributed by atoms with Gasteiger partial charge in [-0.1, -0.05) is 11.6 Å². The molecule has 2 aliphatic rings. The highest BCUT2D eigenvalue weighted by molar-refractivity contribution is 7.16. The maximum Gasteiger partial charge on any atom is 0.222 e. The normalized spacial score (nSPS) is 24.5. The Morgan fingerprint density at radius 2 is 2.28 bits per heavy atom. The van der Waals surface area contributed by atoms with Gasteiger partial charge in [-0.15, -0.1) is 11.3 Å². The average Bonchev–Trinajstić information content (AvgIpc) is 3.26. The Hall–Kier alpha value is -1.37. The molecule has 2 saturated heterocycles. The summed E-state index contributed by atoms with van der Waals surface area (Å²) in [4.78, 5) is 25.6. The van der Waals surface area contributed by atoms with Gasteiger partial charge in [0.25, 0.3) is 0 Å². The maximum absolute atomic E-state index is 12.5. The van der Waals surface area contributed by atoms with E-state index in [1.54, 1.807) is 17.7 Å². The molecule has 25 heavy (non-hydrogen) atoms. The Balaban J connectivity index is 1.37. The van der Waals surface area contributed by atoms with Crippen molar-refractivity contribution in [3.05, 3.63) is 39.6 Å². The van der Waals surface area contributed by atoms with Crippen LogP contribution in [0, 0.1) is 5.92 Å². The highest BCUT2D eigenvalue weighted by Crippen LogP contribution is 2.33. The molecule has 0 saturated carbocycles. The topological polar surface area (TPSA) is 52.2 Å². The summed E-state index contributed by atoms with van der Waals surface area (Å²) < 4.78 is 0.859. The van der Waals surface area contributed by atoms with Crippen molar-refractivity contribution in [3.8, 4) is 0 Å². The van der Waals surface area contributed by atoms with Crippen molar-refractivity contribution < 1.29 is 4.79 Å². The van der Waals surface area contributed by atoms with Crippen LogP contribution in [0.2, 0.25) is 4.34 Å². The Labute approximate surface area is 157 Å². The summed E-state index contributed by atoms with van der Waals surface area (Å²) >= 11 is 7.72. The van der Waals surface area contributed by atoms with E-state index < -0.39 is 0 Å². The third kappa shape index (κ3) is 3.91. The van der Waals surface area contributed by atoms with E-state index in [2.05, 4.69) is 25.8 Å². The fraction of sp³-hybridized carbons (Fsp3) is 0.556. The number of H-pyrrole nitrogens is 1. The number of hydrogen-bond acceptors (Lipinski definition) is 4. The van der Waals surface area contributed by atoms with Crippen molar-refractivity contribution in [2.75, 3.05) is 19.6 Å². The molecule has 7 heteroatoms. The molecule has 1 amide bonds. The van der Waals surface area contributed by atoms with Gasteiger partial charge in [-0.2, -0.15) is 0 Å². The molecule has 2 aromatic rings. The lowest BCUT2D eigenvalue weighted by molar-refractivity contribution is -0.141. The van der Waals surface area contributed by atoms with Gasteiger partial charge in [0.2, 0.25) is 5.91 Å². The lowest BCUT2D eigenvalue weighted by Gasteiger charge is -2.47. The highest BCUT2D eigenvalue weighted by Gasteiger charge is 2.39. The number of nitrogens with one attached hydrogen (secondary N) is 1. The first kappa shape index (κ1) is 17.1. The number of likely N-dealkylation sites (tertiary alicyclic amines) is 2. The largest absolute Gasteiger partial charge is 0.348 e. The van der Waals surface area contributed by atoms with Crippen LogP contribution in [0.5, 0.6) is 0 Å². The van der Waals surface area contributed by atoms with E-state index in [4.69, 9.17) is 11.6 Å². The standard InChI is InChI=1S/C18H23ClN4OS/c19-17-3-2-15(25-17)11-22-7-6-16-13(10-22)1-4-18(24)23(16)8-5-14-9-20-12-21-14/h2-3,9,12-13,16H,1,4-8,10-11H2,(H,20,21)/t13-,16+/m1/s1. The van der Waals surface area contributed by atoms with Gasteiger partial charge in [0, 0.05) is 61.8 Å². The fourth-order valence-electron chi connectivity index (χ4n) is 4.18. The molecule has 0 unspecified atom stereocenters. The quantitative estimate of drug-likeness (QED) is 0.869. The second-order valence-electron chi connectivity index (χ2n) is 7.01. The molecule has 2 aromatic heterocycles. The van der Waals surface area contributed by atoms with Crippen LogP contribution in [-0.2, 0) is 17.8 Å². The highest BCUT2D eigenvalue weighted by atomic mass is 35.5. The average molecular weight is 379 g/mol. The molecule has 2 atom stereocenters. The van der Waals surface area contributed by atoms with Gasteiger partial charge in [-0.3, -0.25) is 9.69 Å². The van der Waals surface area contributed by atoms with E-state index in [9.17, 15) is 4.79 Å². The van der Waals surface area contributed by atoms with Crippen LogP contribution < -0.4 is 0 Å². The molecule has 0 radical (unpaired) electrons. The van der Waals surface area contributed by atoms with Gasteiger partial charge in [0.15, 0.2) is 0 Å². The Bertz CT molecular complexity index is 716. The van der Waals surface area contributed by atoms with Crippen LogP contribution in [0.3, 0.4) is 0 Å². The number of imidazole rings is 1. The number of carbonyl (C=O) groups is 1. The summed E-state index contributed by atoms with van der Waals surface area (Å²) in [6.45, 7) is 3.89. The minimum Gasteiger partial charge on any atom is -0.348 e. The summed E-state index contributed by atoms with van der Waals surface area (Å²) in [5.41, 5.74) is 1.10. The van der Waals surface area contributed by atoms with Gasteiger partial charge in [0.1, 0.15) is 0 Å². The number of aromatic amines is 1. The maximum atomic E-state index is 12.5. The Morgan fingerprint density at radius 3 is 3.04 bits per heavy atom. The molecule has 0 spiro atoms. The van der Waals surface area contributed by atoms with Crippen molar-refractivity contribution in [3.63, 3.8) is 0 Å². The number of fused-ring (bicyclic) bond motifs is 1. The molecular formula is C18H23ClN4OS. The summed E-state index contributed by atoms with van der Waals surface area (Å²) in [5.74, 6) is 0.905. The Kier molecular flexibility index (Phi) is 5.10. The molecule has 4 rings (SSSR count). The predicted octanol–water partition coefficient (Wildman–Crippen LogP) is 3.18. The number of amides is 1. The van der Waals surface area contributed by atoms with Crippen LogP contribution >= 0.6 is 22.9 Å². The van der Waals surface area contributed by atoms with Crippen molar-refractivity contribution in [1.29, 1.82) is 0 Å². The van der Waals surface area contributed by atoms with E-state index in [0.29, 0.717) is 24.3 Å². The lowest BCUT2D eigenvalue weighted by Crippen LogP contribution is -2.56. The minimum atomic E-state index is 0.319. The van der Waals surface area contributed by atoms with Gasteiger partial charge in [-0.25, -0.2) is 4.98 Å². The molecule has 134 valence electrons. The molecule has 2 fully saturated rings. The second-order valence-corrected chi connectivity index (χ2v) is 8.81. The zero-order valence-electron chi connectivity index (χ0n) is 14.2.